The Balaban J connectivity index is 2.93. The predicted molar refractivity (Wildman–Crippen MR) is 72.2 cm³/mol. The average molecular weight is 267 g/mol. The average Bonchev–Trinajstić information content (AvgIpc) is 2.36. The maximum Gasteiger partial charge on any atom is 0.376 e. The molecule has 0 spiro atoms. The van der Waals surface area contributed by atoms with E-state index in [2.05, 4.69) is 33.9 Å². The number of aryl methyl sites for hydroxylation is 1. The SMILES string of the molecule is COCC(Nc1cc(C)nc(C(=O)OC)n1)C(C)C. The van der Waals surface area contributed by atoms with Gasteiger partial charge in [0.15, 0.2) is 0 Å². The van der Waals surface area contributed by atoms with Crippen molar-refractivity contribution in [3.05, 3.63) is 17.6 Å². The fourth-order valence-corrected chi connectivity index (χ4v) is 1.60. The second-order valence-corrected chi connectivity index (χ2v) is 4.66. The summed E-state index contributed by atoms with van der Waals surface area (Å²) < 4.78 is 9.80. The van der Waals surface area contributed by atoms with Crippen molar-refractivity contribution in [2.75, 3.05) is 26.1 Å². The van der Waals surface area contributed by atoms with E-state index in [1.165, 1.54) is 7.11 Å². The Morgan fingerprint density at radius 1 is 1.37 bits per heavy atom. The molecular formula is C13H21N3O3. The number of hydrogen-bond donors (Lipinski definition) is 1. The molecule has 106 valence electrons. The van der Waals surface area contributed by atoms with E-state index in [4.69, 9.17) is 4.74 Å². The number of carbonyl (C=O) groups excluding carboxylic acids is 1. The summed E-state index contributed by atoms with van der Waals surface area (Å²) in [5, 5.41) is 3.26. The van der Waals surface area contributed by atoms with Crippen molar-refractivity contribution in [2.45, 2.75) is 26.8 Å². The molecule has 6 heteroatoms. The summed E-state index contributed by atoms with van der Waals surface area (Å²) in [6.45, 7) is 6.55. The first-order valence-electron chi connectivity index (χ1n) is 6.17. The molecule has 0 aliphatic heterocycles. The molecule has 1 rings (SSSR count). The van der Waals surface area contributed by atoms with Gasteiger partial charge in [0.05, 0.1) is 19.8 Å². The van der Waals surface area contributed by atoms with Crippen LogP contribution in [0.25, 0.3) is 0 Å². The fraction of sp³-hybridized carbons (Fsp3) is 0.615. The van der Waals surface area contributed by atoms with Gasteiger partial charge in [-0.05, 0) is 12.8 Å². The Morgan fingerprint density at radius 3 is 2.58 bits per heavy atom. The van der Waals surface area contributed by atoms with Crippen LogP contribution in [-0.2, 0) is 9.47 Å². The molecule has 0 saturated heterocycles. The van der Waals surface area contributed by atoms with Gasteiger partial charge in [0.2, 0.25) is 5.82 Å². The zero-order valence-corrected chi connectivity index (χ0v) is 12.1. The van der Waals surface area contributed by atoms with Crippen molar-refractivity contribution in [1.82, 2.24) is 9.97 Å². The Labute approximate surface area is 113 Å². The fourth-order valence-electron chi connectivity index (χ4n) is 1.60. The third-order valence-electron chi connectivity index (χ3n) is 2.71. The quantitative estimate of drug-likeness (QED) is 0.790. The second-order valence-electron chi connectivity index (χ2n) is 4.66. The van der Waals surface area contributed by atoms with E-state index in [1.54, 1.807) is 20.1 Å². The third kappa shape index (κ3) is 4.48. The molecule has 1 aromatic rings. The van der Waals surface area contributed by atoms with Crippen LogP contribution in [0.2, 0.25) is 0 Å². The number of carbonyl (C=O) groups is 1. The summed E-state index contributed by atoms with van der Waals surface area (Å²) in [4.78, 5) is 19.7. The zero-order chi connectivity index (χ0) is 14.4. The van der Waals surface area contributed by atoms with Gasteiger partial charge in [-0.2, -0.15) is 0 Å². The lowest BCUT2D eigenvalue weighted by molar-refractivity contribution is 0.0586. The number of rotatable bonds is 6. The van der Waals surface area contributed by atoms with Gasteiger partial charge >= 0.3 is 5.97 Å². The second kappa shape index (κ2) is 7.04. The van der Waals surface area contributed by atoms with Crippen LogP contribution in [0.4, 0.5) is 5.82 Å². The van der Waals surface area contributed by atoms with Crippen LogP contribution in [0.1, 0.15) is 30.2 Å². The molecule has 1 atom stereocenters. The minimum absolute atomic E-state index is 0.0601. The van der Waals surface area contributed by atoms with Gasteiger partial charge in [-0.15, -0.1) is 0 Å². The highest BCUT2D eigenvalue weighted by atomic mass is 16.5. The van der Waals surface area contributed by atoms with Crippen LogP contribution in [-0.4, -0.2) is 42.8 Å². The van der Waals surface area contributed by atoms with Gasteiger partial charge in [0.1, 0.15) is 5.82 Å². The molecular weight excluding hydrogens is 246 g/mol. The van der Waals surface area contributed by atoms with Crippen LogP contribution < -0.4 is 5.32 Å². The van der Waals surface area contributed by atoms with Gasteiger partial charge in [-0.3, -0.25) is 0 Å². The van der Waals surface area contributed by atoms with Crippen molar-refractivity contribution in [2.24, 2.45) is 5.92 Å². The van der Waals surface area contributed by atoms with Gasteiger partial charge in [0, 0.05) is 18.9 Å². The van der Waals surface area contributed by atoms with E-state index < -0.39 is 5.97 Å². The minimum atomic E-state index is -0.542. The summed E-state index contributed by atoms with van der Waals surface area (Å²) in [7, 11) is 2.96. The van der Waals surface area contributed by atoms with Gasteiger partial charge < -0.3 is 14.8 Å². The van der Waals surface area contributed by atoms with Crippen LogP contribution in [0.15, 0.2) is 6.07 Å². The van der Waals surface area contributed by atoms with Crippen LogP contribution >= 0.6 is 0 Å². The topological polar surface area (TPSA) is 73.3 Å². The Hall–Kier alpha value is -1.69. The van der Waals surface area contributed by atoms with Crippen LogP contribution in [0, 0.1) is 12.8 Å². The molecule has 0 aromatic carbocycles. The van der Waals surface area contributed by atoms with Gasteiger partial charge in [-0.25, -0.2) is 14.8 Å². The lowest BCUT2D eigenvalue weighted by atomic mass is 10.1. The third-order valence-corrected chi connectivity index (χ3v) is 2.71. The summed E-state index contributed by atoms with van der Waals surface area (Å²) in [5.41, 5.74) is 0.706. The predicted octanol–water partition coefficient (Wildman–Crippen LogP) is 1.65. The first-order valence-corrected chi connectivity index (χ1v) is 6.17. The van der Waals surface area contributed by atoms with Crippen molar-refractivity contribution in [3.8, 4) is 0 Å². The smallest absolute Gasteiger partial charge is 0.376 e. The molecule has 6 nitrogen and oxygen atoms in total. The van der Waals surface area contributed by atoms with Crippen molar-refractivity contribution in [3.63, 3.8) is 0 Å². The summed E-state index contributed by atoms with van der Waals surface area (Å²) in [6.07, 6.45) is 0. The molecule has 0 saturated carbocycles. The molecule has 1 heterocycles. The van der Waals surface area contributed by atoms with Gasteiger partial charge in [0.25, 0.3) is 0 Å². The highest BCUT2D eigenvalue weighted by molar-refractivity contribution is 5.85. The highest BCUT2D eigenvalue weighted by Gasteiger charge is 2.16. The Morgan fingerprint density at radius 2 is 2.05 bits per heavy atom. The molecule has 0 bridgehead atoms. The molecule has 0 aliphatic rings. The molecule has 0 fully saturated rings. The minimum Gasteiger partial charge on any atom is -0.463 e. The first-order chi connectivity index (χ1) is 8.97. The number of esters is 1. The molecule has 19 heavy (non-hydrogen) atoms. The standard InChI is InChI=1S/C13H21N3O3/c1-8(2)10(7-18-4)15-11-6-9(3)14-12(16-11)13(17)19-5/h6,8,10H,7H2,1-5H3,(H,14,15,16). The summed E-state index contributed by atoms with van der Waals surface area (Å²) >= 11 is 0. The van der Waals surface area contributed by atoms with Crippen molar-refractivity contribution >= 4 is 11.8 Å². The normalized spacial score (nSPS) is 12.3. The number of methoxy groups -OCH3 is 2. The molecule has 1 unspecified atom stereocenters. The van der Waals surface area contributed by atoms with E-state index in [1.807, 2.05) is 0 Å². The first kappa shape index (κ1) is 15.4. The van der Waals surface area contributed by atoms with E-state index in [-0.39, 0.29) is 11.9 Å². The number of hydrogen-bond acceptors (Lipinski definition) is 6. The summed E-state index contributed by atoms with van der Waals surface area (Å²) in [5.74, 6) is 0.491. The maximum atomic E-state index is 11.5. The van der Waals surface area contributed by atoms with E-state index in [0.29, 0.717) is 24.0 Å². The van der Waals surface area contributed by atoms with E-state index >= 15 is 0 Å². The molecule has 0 aliphatic carbocycles. The number of anilines is 1. The monoisotopic (exact) mass is 267 g/mol. The summed E-state index contributed by atoms with van der Waals surface area (Å²) in [6, 6.07) is 1.90. The lowest BCUT2D eigenvalue weighted by Crippen LogP contribution is -2.31. The van der Waals surface area contributed by atoms with Crippen molar-refractivity contribution in [1.29, 1.82) is 0 Å². The van der Waals surface area contributed by atoms with Gasteiger partial charge in [-0.1, -0.05) is 13.8 Å². The Kier molecular flexibility index (Phi) is 5.69. The number of ether oxygens (including phenoxy) is 2. The van der Waals surface area contributed by atoms with Crippen LogP contribution in [0.3, 0.4) is 0 Å². The molecule has 0 radical (unpaired) electrons. The van der Waals surface area contributed by atoms with Crippen LogP contribution in [0.5, 0.6) is 0 Å². The number of nitrogens with one attached hydrogen (secondary N) is 1. The number of aromatic nitrogens is 2. The molecule has 1 aromatic heterocycles. The Bertz CT molecular complexity index is 435. The highest BCUT2D eigenvalue weighted by Crippen LogP contribution is 2.12. The molecule has 0 amide bonds. The van der Waals surface area contributed by atoms with E-state index in [9.17, 15) is 4.79 Å². The van der Waals surface area contributed by atoms with Crippen molar-refractivity contribution < 1.29 is 14.3 Å². The molecule has 1 N–H and O–H groups in total. The maximum absolute atomic E-state index is 11.5. The number of nitrogens with zero attached hydrogens (tertiary/aromatic N) is 2. The lowest BCUT2D eigenvalue weighted by Gasteiger charge is -2.22. The largest absolute Gasteiger partial charge is 0.463 e. The zero-order valence-electron chi connectivity index (χ0n) is 12.1. The van der Waals surface area contributed by atoms with E-state index in [0.717, 1.165) is 0 Å².